The molecule has 0 radical (unpaired) electrons. The van der Waals surface area contributed by atoms with Gasteiger partial charge in [0.2, 0.25) is 5.91 Å². The fourth-order valence-corrected chi connectivity index (χ4v) is 8.65. The van der Waals surface area contributed by atoms with E-state index in [4.69, 9.17) is 0 Å². The Morgan fingerprint density at radius 3 is 2.29 bits per heavy atom. The first-order valence-corrected chi connectivity index (χ1v) is 16.5. The number of carboxylic acid groups (broad SMARTS) is 1. The highest BCUT2D eigenvalue weighted by molar-refractivity contribution is 6.05. The van der Waals surface area contributed by atoms with Crippen molar-refractivity contribution in [1.29, 1.82) is 0 Å². The molecule has 5 N–H and O–H groups in total. The second kappa shape index (κ2) is 13.4. The standard InChI is InChI=1S/C35H42N6O7/c1-20-5-3-4-6-26(20)38-33(47)37-25-9-7-21(8-10-25)17-40-19-29(43)41(34(40)48)18-28(42)39-31-24-12-22-11-23(13-24)16-35(31,15-22)32(46)27(36-2)14-30(44)45/h3-10,22-24,27,31,36H,11-19H2,1-2H3,(H,39,42)(H,44,45)(H2,37,38,47)/t22?,23?,24?,27-,31?,35?/m0/s1. The fraction of sp³-hybridized carbons (Fsp3) is 0.486. The summed E-state index contributed by atoms with van der Waals surface area (Å²) in [5.74, 6) is -1.45. The summed E-state index contributed by atoms with van der Waals surface area (Å²) in [6, 6.07) is 12.0. The SMILES string of the molecule is CN[C@@H](CC(=O)O)C(=O)C12CC3CC(CC(C3)C1NC(=O)CN1C(=O)CN(Cc3ccc(NC(=O)Nc4ccccc4C)cc3)C1=O)C2. The third-order valence-corrected chi connectivity index (χ3v) is 10.6. The third kappa shape index (κ3) is 6.64. The average Bonchev–Trinajstić information content (AvgIpc) is 3.30. The van der Waals surface area contributed by atoms with Crippen LogP contribution in [0.1, 0.15) is 49.7 Å². The van der Waals surface area contributed by atoms with Gasteiger partial charge in [0.05, 0.1) is 17.9 Å². The van der Waals surface area contributed by atoms with E-state index in [0.29, 0.717) is 36.1 Å². The van der Waals surface area contributed by atoms with E-state index in [2.05, 4.69) is 21.3 Å². The number of benzene rings is 2. The number of amides is 6. The summed E-state index contributed by atoms with van der Waals surface area (Å²) >= 11 is 0. The van der Waals surface area contributed by atoms with Gasteiger partial charge < -0.3 is 31.3 Å². The minimum Gasteiger partial charge on any atom is -0.481 e. The molecule has 4 bridgehead atoms. The van der Waals surface area contributed by atoms with E-state index in [0.717, 1.165) is 35.3 Å². The van der Waals surface area contributed by atoms with Crippen molar-refractivity contribution in [2.75, 3.05) is 30.8 Å². The van der Waals surface area contributed by atoms with E-state index in [1.54, 1.807) is 31.3 Å². The fourth-order valence-electron chi connectivity index (χ4n) is 8.65. The van der Waals surface area contributed by atoms with E-state index in [1.165, 1.54) is 4.90 Å². The van der Waals surface area contributed by atoms with Gasteiger partial charge in [-0.1, -0.05) is 30.3 Å². The molecule has 254 valence electrons. The van der Waals surface area contributed by atoms with Crippen LogP contribution >= 0.6 is 0 Å². The number of aliphatic carboxylic acids is 1. The molecular formula is C35H42N6O7. The monoisotopic (exact) mass is 658 g/mol. The van der Waals surface area contributed by atoms with Crippen LogP contribution in [-0.4, -0.2) is 82.8 Å². The first kappa shape index (κ1) is 33.1. The van der Waals surface area contributed by atoms with Gasteiger partial charge in [-0.15, -0.1) is 0 Å². The summed E-state index contributed by atoms with van der Waals surface area (Å²) in [7, 11) is 1.58. The topological polar surface area (TPSA) is 177 Å². The van der Waals surface area contributed by atoms with Gasteiger partial charge >= 0.3 is 18.0 Å². The lowest BCUT2D eigenvalue weighted by Gasteiger charge is -2.61. The van der Waals surface area contributed by atoms with E-state index in [-0.39, 0.29) is 31.2 Å². The van der Waals surface area contributed by atoms with Crippen LogP contribution in [-0.2, 0) is 25.7 Å². The molecule has 1 aliphatic heterocycles. The molecule has 0 aromatic heterocycles. The Labute approximate surface area is 278 Å². The number of rotatable bonds is 12. The maximum absolute atomic E-state index is 14.0. The van der Waals surface area contributed by atoms with Gasteiger partial charge in [-0.3, -0.25) is 24.1 Å². The number of carbonyl (C=O) groups is 6. The summed E-state index contributed by atoms with van der Waals surface area (Å²) in [4.78, 5) is 79.9. The van der Waals surface area contributed by atoms with Crippen LogP contribution in [0.15, 0.2) is 48.5 Å². The number of nitrogens with one attached hydrogen (secondary N) is 4. The van der Waals surface area contributed by atoms with Crippen molar-refractivity contribution in [3.05, 3.63) is 59.7 Å². The van der Waals surface area contributed by atoms with Gasteiger partial charge in [0.1, 0.15) is 13.1 Å². The zero-order chi connectivity index (χ0) is 34.2. The first-order valence-electron chi connectivity index (χ1n) is 16.5. The number of Topliss-reactive ketones (excluding diaryl/α,β-unsaturated/α-hetero) is 1. The molecule has 6 amide bonds. The predicted molar refractivity (Wildman–Crippen MR) is 176 cm³/mol. The smallest absolute Gasteiger partial charge is 0.328 e. The number of carbonyl (C=O) groups excluding carboxylic acids is 5. The summed E-state index contributed by atoms with van der Waals surface area (Å²) in [6.45, 7) is 1.40. The maximum atomic E-state index is 14.0. The summed E-state index contributed by atoms with van der Waals surface area (Å²) in [5.41, 5.74) is 2.05. The minimum atomic E-state index is -1.07. The Bertz CT molecular complexity index is 1610. The second-order valence-electron chi connectivity index (χ2n) is 13.8. The quantitative estimate of drug-likeness (QED) is 0.216. The number of para-hydroxylation sites is 1. The number of urea groups is 2. The lowest BCUT2D eigenvalue weighted by molar-refractivity contribution is -0.157. The van der Waals surface area contributed by atoms with E-state index < -0.39 is 53.9 Å². The van der Waals surface area contributed by atoms with Crippen molar-refractivity contribution in [2.24, 2.45) is 23.2 Å². The number of carboxylic acids is 1. The van der Waals surface area contributed by atoms with Crippen molar-refractivity contribution in [3.8, 4) is 0 Å². The van der Waals surface area contributed by atoms with Crippen LogP contribution in [0.3, 0.4) is 0 Å². The van der Waals surface area contributed by atoms with Crippen LogP contribution in [0.25, 0.3) is 0 Å². The third-order valence-electron chi connectivity index (χ3n) is 10.6. The molecule has 4 atom stereocenters. The van der Waals surface area contributed by atoms with Crippen LogP contribution in [0, 0.1) is 30.1 Å². The Hall–Kier alpha value is -4.78. The molecule has 4 saturated carbocycles. The molecule has 3 unspecified atom stereocenters. The molecule has 5 aliphatic rings. The molecule has 4 aliphatic carbocycles. The molecule has 5 fully saturated rings. The Morgan fingerprint density at radius 1 is 0.958 bits per heavy atom. The molecule has 1 saturated heterocycles. The Kier molecular flexibility index (Phi) is 9.24. The number of nitrogens with zero attached hydrogens (tertiary/aromatic N) is 2. The van der Waals surface area contributed by atoms with Crippen molar-refractivity contribution in [2.45, 2.75) is 64.1 Å². The van der Waals surface area contributed by atoms with E-state index in [1.807, 2.05) is 31.2 Å². The lowest BCUT2D eigenvalue weighted by Crippen LogP contribution is -2.67. The van der Waals surface area contributed by atoms with Gasteiger partial charge in [0.25, 0.3) is 5.91 Å². The van der Waals surface area contributed by atoms with E-state index >= 15 is 0 Å². The zero-order valence-corrected chi connectivity index (χ0v) is 27.2. The van der Waals surface area contributed by atoms with E-state index in [9.17, 15) is 33.9 Å². The summed E-state index contributed by atoms with van der Waals surface area (Å²) in [6.07, 6.45) is 3.68. The van der Waals surface area contributed by atoms with Crippen LogP contribution < -0.4 is 21.3 Å². The Morgan fingerprint density at radius 2 is 1.65 bits per heavy atom. The maximum Gasteiger partial charge on any atom is 0.328 e. The van der Waals surface area contributed by atoms with Crippen molar-refractivity contribution in [3.63, 3.8) is 0 Å². The summed E-state index contributed by atoms with van der Waals surface area (Å²) in [5, 5.41) is 20.9. The number of imide groups is 1. The molecule has 13 heteroatoms. The lowest BCUT2D eigenvalue weighted by atomic mass is 9.45. The molecule has 2 aromatic carbocycles. The minimum absolute atomic E-state index is 0.0824. The highest BCUT2D eigenvalue weighted by Gasteiger charge is 2.61. The molecule has 7 rings (SSSR count). The highest BCUT2D eigenvalue weighted by atomic mass is 16.4. The number of aryl methyl sites for hydroxylation is 1. The largest absolute Gasteiger partial charge is 0.481 e. The van der Waals surface area contributed by atoms with Crippen LogP contribution in [0.2, 0.25) is 0 Å². The van der Waals surface area contributed by atoms with Gasteiger partial charge in [0.15, 0.2) is 5.78 Å². The average molecular weight is 659 g/mol. The molecule has 0 spiro atoms. The van der Waals surface area contributed by atoms with Gasteiger partial charge in [-0.05, 0) is 93.2 Å². The van der Waals surface area contributed by atoms with Crippen molar-refractivity contribution in [1.82, 2.24) is 20.4 Å². The number of hydrogen-bond donors (Lipinski definition) is 5. The number of ketones is 1. The molecule has 2 aromatic rings. The van der Waals surface area contributed by atoms with Crippen LogP contribution in [0.4, 0.5) is 21.0 Å². The predicted octanol–water partition coefficient (Wildman–Crippen LogP) is 3.35. The van der Waals surface area contributed by atoms with Crippen molar-refractivity contribution < 1.29 is 33.9 Å². The van der Waals surface area contributed by atoms with Gasteiger partial charge in [-0.25, -0.2) is 9.59 Å². The Balaban J connectivity index is 1.06. The zero-order valence-electron chi connectivity index (χ0n) is 27.2. The highest BCUT2D eigenvalue weighted by Crippen LogP contribution is 2.60. The second-order valence-corrected chi connectivity index (χ2v) is 13.8. The molecular weight excluding hydrogens is 616 g/mol. The van der Waals surface area contributed by atoms with Crippen LogP contribution in [0.5, 0.6) is 0 Å². The molecule has 1 heterocycles. The normalized spacial score (nSPS) is 26.4. The molecule has 13 nitrogen and oxygen atoms in total. The molecule has 48 heavy (non-hydrogen) atoms. The number of likely N-dealkylation sites (N-methyl/N-ethyl adjacent to an activating group) is 1. The van der Waals surface area contributed by atoms with Gasteiger partial charge in [-0.2, -0.15) is 0 Å². The van der Waals surface area contributed by atoms with Gasteiger partial charge in [0, 0.05) is 24.0 Å². The summed E-state index contributed by atoms with van der Waals surface area (Å²) < 4.78 is 0. The van der Waals surface area contributed by atoms with Crippen molar-refractivity contribution >= 4 is 47.0 Å². The number of anilines is 2. The number of hydrogen-bond acceptors (Lipinski definition) is 7. The first-order chi connectivity index (χ1) is 22.9.